The van der Waals surface area contributed by atoms with Crippen molar-refractivity contribution in [1.29, 1.82) is 0 Å². The molecule has 3 nitrogen and oxygen atoms in total. The Morgan fingerprint density at radius 3 is 2.63 bits per heavy atom. The molecule has 0 aliphatic carbocycles. The van der Waals surface area contributed by atoms with E-state index in [-0.39, 0.29) is 0 Å². The van der Waals surface area contributed by atoms with Crippen LogP contribution < -0.4 is 5.73 Å². The van der Waals surface area contributed by atoms with Crippen LogP contribution in [0.3, 0.4) is 0 Å². The average Bonchev–Trinajstić information content (AvgIpc) is 2.75. The lowest BCUT2D eigenvalue weighted by Crippen LogP contribution is -2.27. The van der Waals surface area contributed by atoms with E-state index in [0.717, 1.165) is 18.0 Å². The zero-order valence-corrected chi connectivity index (χ0v) is 12.6. The molecule has 1 aromatic rings. The van der Waals surface area contributed by atoms with E-state index in [2.05, 4.69) is 36.0 Å². The van der Waals surface area contributed by atoms with Gasteiger partial charge in [-0.05, 0) is 38.5 Å². The van der Waals surface area contributed by atoms with Crippen LogP contribution in [0.2, 0.25) is 0 Å². The van der Waals surface area contributed by atoms with Crippen molar-refractivity contribution in [3.63, 3.8) is 0 Å². The van der Waals surface area contributed by atoms with Gasteiger partial charge in [0.15, 0.2) is 0 Å². The highest BCUT2D eigenvalue weighted by atomic mass is 32.1. The van der Waals surface area contributed by atoms with Gasteiger partial charge in [-0.2, -0.15) is 0 Å². The molecule has 2 rings (SSSR count). The maximum Gasteiger partial charge on any atom is 0.103 e. The third-order valence-electron chi connectivity index (χ3n) is 3.75. The number of benzene rings is 1. The Bertz CT molecular complexity index is 430. The molecule has 0 saturated carbocycles. The van der Waals surface area contributed by atoms with Gasteiger partial charge in [-0.15, -0.1) is 0 Å². The molecule has 1 heterocycles. The minimum atomic E-state index is 0.467. The second-order valence-electron chi connectivity index (χ2n) is 5.67. The summed E-state index contributed by atoms with van der Waals surface area (Å²) in [5.74, 6) is 0.811. The summed E-state index contributed by atoms with van der Waals surface area (Å²) in [5.41, 5.74) is 7.86. The molecular weight excluding hydrogens is 254 g/mol. The maximum atomic E-state index is 5.60. The Labute approximate surface area is 121 Å². The van der Waals surface area contributed by atoms with E-state index in [1.807, 2.05) is 12.1 Å². The van der Waals surface area contributed by atoms with Crippen molar-refractivity contribution in [2.75, 3.05) is 33.7 Å². The predicted octanol–water partition coefficient (Wildman–Crippen LogP) is 1.70. The molecule has 0 bridgehead atoms. The van der Waals surface area contributed by atoms with E-state index in [4.69, 9.17) is 18.0 Å². The zero-order valence-electron chi connectivity index (χ0n) is 11.8. The van der Waals surface area contributed by atoms with Crippen molar-refractivity contribution in [1.82, 2.24) is 9.80 Å². The number of thiocarbonyl (C=S) groups is 1. The quantitative estimate of drug-likeness (QED) is 0.831. The maximum absolute atomic E-state index is 5.60. The highest BCUT2D eigenvalue weighted by Gasteiger charge is 2.20. The van der Waals surface area contributed by atoms with E-state index in [9.17, 15) is 0 Å². The number of hydrogen-bond donors (Lipinski definition) is 1. The van der Waals surface area contributed by atoms with Crippen LogP contribution >= 0.6 is 12.2 Å². The van der Waals surface area contributed by atoms with Crippen molar-refractivity contribution >= 4 is 17.2 Å². The number of hydrogen-bond acceptors (Lipinski definition) is 3. The first kappa shape index (κ1) is 14.4. The molecule has 1 fully saturated rings. The summed E-state index contributed by atoms with van der Waals surface area (Å²) in [6.07, 6.45) is 1.32. The molecule has 1 aliphatic rings. The molecule has 0 spiro atoms. The number of likely N-dealkylation sites (tertiary alicyclic amines) is 1. The lowest BCUT2D eigenvalue weighted by Gasteiger charge is -2.21. The van der Waals surface area contributed by atoms with E-state index in [1.165, 1.54) is 31.6 Å². The Hall–Kier alpha value is -0.970. The van der Waals surface area contributed by atoms with E-state index in [1.54, 1.807) is 0 Å². The van der Waals surface area contributed by atoms with Gasteiger partial charge in [-0.1, -0.05) is 36.5 Å². The van der Waals surface area contributed by atoms with Crippen molar-refractivity contribution in [3.05, 3.63) is 35.4 Å². The van der Waals surface area contributed by atoms with Crippen molar-refractivity contribution in [3.8, 4) is 0 Å². The summed E-state index contributed by atoms with van der Waals surface area (Å²) in [7, 11) is 4.40. The first-order chi connectivity index (χ1) is 9.04. The monoisotopic (exact) mass is 277 g/mol. The van der Waals surface area contributed by atoms with Crippen LogP contribution in [0, 0.1) is 5.92 Å². The lowest BCUT2D eigenvalue weighted by atomic mass is 10.1. The fourth-order valence-electron chi connectivity index (χ4n) is 2.77. The molecule has 1 aliphatic heterocycles. The summed E-state index contributed by atoms with van der Waals surface area (Å²) >= 11 is 4.96. The molecule has 0 aromatic heterocycles. The molecule has 2 N–H and O–H groups in total. The third-order valence-corrected chi connectivity index (χ3v) is 3.99. The van der Waals surface area contributed by atoms with Crippen molar-refractivity contribution in [2.24, 2.45) is 11.7 Å². The van der Waals surface area contributed by atoms with Crippen LogP contribution in [0.1, 0.15) is 17.5 Å². The molecule has 4 heteroatoms. The Balaban J connectivity index is 1.84. The van der Waals surface area contributed by atoms with Crippen LogP contribution in [0.5, 0.6) is 0 Å². The number of rotatable bonds is 5. The van der Waals surface area contributed by atoms with E-state index >= 15 is 0 Å². The molecule has 19 heavy (non-hydrogen) atoms. The topological polar surface area (TPSA) is 32.5 Å². The van der Waals surface area contributed by atoms with Gasteiger partial charge in [0.2, 0.25) is 0 Å². The number of nitrogens with zero attached hydrogens (tertiary/aromatic N) is 2. The molecular formula is C15H23N3S. The highest BCUT2D eigenvalue weighted by molar-refractivity contribution is 7.80. The summed E-state index contributed by atoms with van der Waals surface area (Å²) in [5, 5.41) is 0. The van der Waals surface area contributed by atoms with Gasteiger partial charge in [0.1, 0.15) is 4.99 Å². The van der Waals surface area contributed by atoms with Gasteiger partial charge < -0.3 is 15.5 Å². The molecule has 104 valence electrons. The summed E-state index contributed by atoms with van der Waals surface area (Å²) in [6, 6.07) is 8.25. The van der Waals surface area contributed by atoms with Gasteiger partial charge in [0.05, 0.1) is 0 Å². The van der Waals surface area contributed by atoms with Gasteiger partial charge >= 0.3 is 0 Å². The standard InChI is InChI=1S/C15H23N3S/c1-17-8-7-13(10-17)11-18(2)9-12-3-5-14(6-4-12)15(16)19/h3-6,13H,7-11H2,1-2H3,(H2,16,19). The Morgan fingerprint density at radius 2 is 2.11 bits per heavy atom. The molecule has 1 unspecified atom stereocenters. The highest BCUT2D eigenvalue weighted by Crippen LogP contribution is 2.16. The van der Waals surface area contributed by atoms with Gasteiger partial charge in [0.25, 0.3) is 0 Å². The van der Waals surface area contributed by atoms with Gasteiger partial charge in [-0.25, -0.2) is 0 Å². The summed E-state index contributed by atoms with van der Waals surface area (Å²) < 4.78 is 0. The molecule has 1 atom stereocenters. The summed E-state index contributed by atoms with van der Waals surface area (Å²) in [4.78, 5) is 5.28. The van der Waals surface area contributed by atoms with Crippen LogP contribution in [-0.2, 0) is 6.54 Å². The SMILES string of the molecule is CN1CCC(CN(C)Cc2ccc(C(N)=S)cc2)C1. The minimum Gasteiger partial charge on any atom is -0.389 e. The lowest BCUT2D eigenvalue weighted by molar-refractivity contribution is 0.267. The fraction of sp³-hybridized carbons (Fsp3) is 0.533. The van der Waals surface area contributed by atoms with Crippen molar-refractivity contribution in [2.45, 2.75) is 13.0 Å². The van der Waals surface area contributed by atoms with Crippen molar-refractivity contribution < 1.29 is 0 Å². The predicted molar refractivity (Wildman–Crippen MR) is 84.3 cm³/mol. The second-order valence-corrected chi connectivity index (χ2v) is 6.11. The first-order valence-corrected chi connectivity index (χ1v) is 7.21. The van der Waals surface area contributed by atoms with Crippen LogP contribution in [0.25, 0.3) is 0 Å². The third kappa shape index (κ3) is 4.27. The molecule has 0 radical (unpaired) electrons. The Morgan fingerprint density at radius 1 is 1.42 bits per heavy atom. The van der Waals surface area contributed by atoms with E-state index < -0.39 is 0 Å². The van der Waals surface area contributed by atoms with Gasteiger partial charge in [0, 0.05) is 25.2 Å². The van der Waals surface area contributed by atoms with Crippen LogP contribution in [-0.4, -0.2) is 48.5 Å². The fourth-order valence-corrected chi connectivity index (χ4v) is 2.90. The summed E-state index contributed by atoms with van der Waals surface area (Å²) in [6.45, 7) is 4.62. The van der Waals surface area contributed by atoms with E-state index in [0.29, 0.717) is 4.99 Å². The molecule has 1 aromatic carbocycles. The number of nitrogens with two attached hydrogens (primary N) is 1. The van der Waals surface area contributed by atoms with Gasteiger partial charge in [-0.3, -0.25) is 0 Å². The second kappa shape index (κ2) is 6.46. The molecule has 1 saturated heterocycles. The van der Waals surface area contributed by atoms with Crippen LogP contribution in [0.4, 0.5) is 0 Å². The largest absolute Gasteiger partial charge is 0.389 e. The first-order valence-electron chi connectivity index (χ1n) is 6.80. The van der Waals surface area contributed by atoms with Crippen LogP contribution in [0.15, 0.2) is 24.3 Å². The molecule has 0 amide bonds. The minimum absolute atomic E-state index is 0.467. The smallest absolute Gasteiger partial charge is 0.103 e. The average molecular weight is 277 g/mol. The normalized spacial score (nSPS) is 20.1. The zero-order chi connectivity index (χ0) is 13.8. The Kier molecular flexibility index (Phi) is 4.91.